The highest BCUT2D eigenvalue weighted by molar-refractivity contribution is 7.92. The first-order valence-electron chi connectivity index (χ1n) is 7.68. The van der Waals surface area contributed by atoms with Gasteiger partial charge in [-0.1, -0.05) is 40.0 Å². The van der Waals surface area contributed by atoms with Crippen LogP contribution in [-0.4, -0.2) is 26.0 Å². The van der Waals surface area contributed by atoms with E-state index in [9.17, 15) is 8.42 Å². The van der Waals surface area contributed by atoms with Crippen LogP contribution in [0.4, 0.5) is 0 Å². The molecular weight excluding hydrogens is 258 g/mol. The quantitative estimate of drug-likeness (QED) is 0.732. The molecule has 0 spiro atoms. The first-order valence-corrected chi connectivity index (χ1v) is 9.40. The van der Waals surface area contributed by atoms with Gasteiger partial charge < -0.3 is 5.73 Å². The molecule has 0 radical (unpaired) electrons. The lowest BCUT2D eigenvalue weighted by atomic mass is 9.88. The summed E-state index contributed by atoms with van der Waals surface area (Å²) in [5.41, 5.74) is 5.83. The summed E-state index contributed by atoms with van der Waals surface area (Å²) in [6, 6.07) is 0. The molecule has 1 rings (SSSR count). The molecule has 1 aliphatic carbocycles. The van der Waals surface area contributed by atoms with Crippen LogP contribution in [-0.2, 0) is 9.84 Å². The number of sulfone groups is 1. The van der Waals surface area contributed by atoms with Crippen LogP contribution in [0.2, 0.25) is 0 Å². The molecule has 1 aliphatic rings. The average Bonchev–Trinajstić information content (AvgIpc) is 2.35. The highest BCUT2D eigenvalue weighted by atomic mass is 32.2. The van der Waals surface area contributed by atoms with E-state index in [0.29, 0.717) is 18.2 Å². The first kappa shape index (κ1) is 17.0. The third-order valence-corrected chi connectivity index (χ3v) is 6.78. The van der Waals surface area contributed by atoms with Crippen LogP contribution in [0, 0.1) is 11.3 Å². The van der Waals surface area contributed by atoms with Gasteiger partial charge in [-0.05, 0) is 43.6 Å². The van der Waals surface area contributed by atoms with Gasteiger partial charge in [0, 0.05) is 0 Å². The van der Waals surface area contributed by atoms with Crippen LogP contribution < -0.4 is 5.73 Å². The lowest BCUT2D eigenvalue weighted by Gasteiger charge is -2.27. The zero-order chi connectivity index (χ0) is 14.5. The Kier molecular flexibility index (Phi) is 6.31. The van der Waals surface area contributed by atoms with Crippen LogP contribution in [0.3, 0.4) is 0 Å². The standard InChI is InChI=1S/C15H31NO2S/c1-13-7-6-8-14(11-13)19(17,18)10-5-4-9-15(2,3)12-16/h13-14H,4-12,16H2,1-3H3. The van der Waals surface area contributed by atoms with Gasteiger partial charge in [0.2, 0.25) is 0 Å². The fraction of sp³-hybridized carbons (Fsp3) is 1.00. The fourth-order valence-electron chi connectivity index (χ4n) is 2.88. The van der Waals surface area contributed by atoms with Crippen LogP contribution in [0.25, 0.3) is 0 Å². The monoisotopic (exact) mass is 289 g/mol. The minimum Gasteiger partial charge on any atom is -0.330 e. The van der Waals surface area contributed by atoms with Crippen molar-refractivity contribution in [3.8, 4) is 0 Å². The summed E-state index contributed by atoms with van der Waals surface area (Å²) in [6.07, 6.45) is 6.78. The highest BCUT2D eigenvalue weighted by Gasteiger charge is 2.29. The molecule has 1 saturated carbocycles. The maximum atomic E-state index is 12.3. The first-order chi connectivity index (χ1) is 8.77. The van der Waals surface area contributed by atoms with E-state index in [2.05, 4.69) is 20.8 Å². The van der Waals surface area contributed by atoms with Crippen LogP contribution in [0.5, 0.6) is 0 Å². The largest absolute Gasteiger partial charge is 0.330 e. The predicted octanol–water partition coefficient (Wildman–Crippen LogP) is 3.14. The van der Waals surface area contributed by atoms with Gasteiger partial charge in [0.05, 0.1) is 11.0 Å². The highest BCUT2D eigenvalue weighted by Crippen LogP contribution is 2.29. The van der Waals surface area contributed by atoms with Crippen molar-refractivity contribution in [2.75, 3.05) is 12.3 Å². The molecule has 0 aromatic rings. The van der Waals surface area contributed by atoms with Crippen molar-refractivity contribution in [1.82, 2.24) is 0 Å². The van der Waals surface area contributed by atoms with Crippen LogP contribution in [0.1, 0.15) is 65.7 Å². The third-order valence-electron chi connectivity index (χ3n) is 4.48. The normalized spacial score (nSPS) is 25.5. The second-order valence-electron chi connectivity index (χ2n) is 7.09. The Bertz CT molecular complexity index is 362. The molecule has 0 aliphatic heterocycles. The topological polar surface area (TPSA) is 60.2 Å². The molecule has 3 nitrogen and oxygen atoms in total. The number of hydrogen-bond donors (Lipinski definition) is 1. The SMILES string of the molecule is CC1CCCC(S(=O)(=O)CCCCC(C)(C)CN)C1. The zero-order valence-electron chi connectivity index (χ0n) is 12.8. The van der Waals surface area contributed by atoms with Crippen LogP contribution >= 0.6 is 0 Å². The molecular formula is C15H31NO2S. The molecule has 2 N–H and O–H groups in total. The van der Waals surface area contributed by atoms with Gasteiger partial charge >= 0.3 is 0 Å². The van der Waals surface area contributed by atoms with E-state index in [1.807, 2.05) is 0 Å². The van der Waals surface area contributed by atoms with E-state index >= 15 is 0 Å². The molecule has 1 fully saturated rings. The van der Waals surface area contributed by atoms with Gasteiger partial charge in [0.1, 0.15) is 0 Å². The van der Waals surface area contributed by atoms with Gasteiger partial charge in [-0.15, -0.1) is 0 Å². The van der Waals surface area contributed by atoms with Gasteiger partial charge in [-0.2, -0.15) is 0 Å². The van der Waals surface area contributed by atoms with Crippen molar-refractivity contribution >= 4 is 9.84 Å². The fourth-order valence-corrected chi connectivity index (χ4v) is 4.97. The van der Waals surface area contributed by atoms with E-state index in [4.69, 9.17) is 5.73 Å². The molecule has 19 heavy (non-hydrogen) atoms. The second kappa shape index (κ2) is 7.07. The molecule has 0 heterocycles. The molecule has 0 saturated heterocycles. The minimum absolute atomic E-state index is 0.0706. The van der Waals surface area contributed by atoms with E-state index < -0.39 is 9.84 Å². The van der Waals surface area contributed by atoms with Crippen molar-refractivity contribution in [2.45, 2.75) is 71.0 Å². The number of unbranched alkanes of at least 4 members (excludes halogenated alkanes) is 1. The van der Waals surface area contributed by atoms with Gasteiger partial charge in [-0.3, -0.25) is 0 Å². The molecule has 0 bridgehead atoms. The summed E-state index contributed by atoms with van der Waals surface area (Å²) >= 11 is 0. The van der Waals surface area contributed by atoms with E-state index in [0.717, 1.165) is 38.5 Å². The molecule has 0 aromatic heterocycles. The smallest absolute Gasteiger partial charge is 0.153 e. The van der Waals surface area contributed by atoms with E-state index in [1.54, 1.807) is 0 Å². The molecule has 114 valence electrons. The molecule has 0 aromatic carbocycles. The summed E-state index contributed by atoms with van der Waals surface area (Å²) in [4.78, 5) is 0. The average molecular weight is 289 g/mol. The minimum atomic E-state index is -2.87. The summed E-state index contributed by atoms with van der Waals surface area (Å²) in [7, 11) is -2.87. The van der Waals surface area contributed by atoms with Gasteiger partial charge in [0.15, 0.2) is 9.84 Å². The van der Waals surface area contributed by atoms with Gasteiger partial charge in [-0.25, -0.2) is 8.42 Å². The Morgan fingerprint density at radius 2 is 1.89 bits per heavy atom. The van der Waals surface area contributed by atoms with Crippen molar-refractivity contribution in [2.24, 2.45) is 17.1 Å². The molecule has 4 heteroatoms. The summed E-state index contributed by atoms with van der Waals surface area (Å²) in [5.74, 6) is 0.940. The molecule has 2 unspecified atom stereocenters. The molecule has 2 atom stereocenters. The second-order valence-corrected chi connectivity index (χ2v) is 9.49. The zero-order valence-corrected chi connectivity index (χ0v) is 13.6. The van der Waals surface area contributed by atoms with Crippen molar-refractivity contribution in [3.63, 3.8) is 0 Å². The Labute approximate surface area is 119 Å². The lowest BCUT2D eigenvalue weighted by molar-refractivity contribution is 0.335. The Morgan fingerprint density at radius 3 is 2.47 bits per heavy atom. The maximum absolute atomic E-state index is 12.3. The summed E-state index contributed by atoms with van der Waals surface area (Å²) in [5, 5.41) is -0.0706. The summed E-state index contributed by atoms with van der Waals surface area (Å²) in [6.45, 7) is 7.12. The maximum Gasteiger partial charge on any atom is 0.153 e. The lowest BCUT2D eigenvalue weighted by Crippen LogP contribution is -2.29. The van der Waals surface area contributed by atoms with Crippen molar-refractivity contribution in [1.29, 1.82) is 0 Å². The van der Waals surface area contributed by atoms with Crippen molar-refractivity contribution in [3.05, 3.63) is 0 Å². The third kappa shape index (κ3) is 5.82. The predicted molar refractivity (Wildman–Crippen MR) is 81.9 cm³/mol. The van der Waals surface area contributed by atoms with Crippen LogP contribution in [0.15, 0.2) is 0 Å². The Balaban J connectivity index is 2.35. The van der Waals surface area contributed by atoms with Gasteiger partial charge in [0.25, 0.3) is 0 Å². The van der Waals surface area contributed by atoms with E-state index in [-0.39, 0.29) is 10.7 Å². The number of nitrogens with two attached hydrogens (primary N) is 1. The summed E-state index contributed by atoms with van der Waals surface area (Å²) < 4.78 is 24.6. The Morgan fingerprint density at radius 1 is 1.21 bits per heavy atom. The number of rotatable bonds is 7. The van der Waals surface area contributed by atoms with E-state index in [1.165, 1.54) is 6.42 Å². The van der Waals surface area contributed by atoms with Crippen molar-refractivity contribution < 1.29 is 8.42 Å². The Hall–Kier alpha value is -0.0900. The molecule has 0 amide bonds. The number of hydrogen-bond acceptors (Lipinski definition) is 3.